The first-order chi connectivity index (χ1) is 12.1. The molecule has 0 aliphatic heterocycles. The standard InChI is InChI=1S/C20H21N3O2/c1-14-8-10-16(11-9-14)13-21-19(17-6-4-3-5-7-17)20(24)22-18-12-15(2)25-23-18/h3-12,19,21H,13H2,1-2H3,(H,22,23,24). The summed E-state index contributed by atoms with van der Waals surface area (Å²) < 4.78 is 5.01. The lowest BCUT2D eigenvalue weighted by molar-refractivity contribution is -0.118. The molecule has 0 bridgehead atoms. The Morgan fingerprint density at radius 2 is 1.80 bits per heavy atom. The monoisotopic (exact) mass is 335 g/mol. The molecule has 3 rings (SSSR count). The molecule has 0 saturated heterocycles. The van der Waals surface area contributed by atoms with Crippen LogP contribution in [0.5, 0.6) is 0 Å². The normalized spacial score (nSPS) is 11.9. The molecule has 0 radical (unpaired) electrons. The maximum atomic E-state index is 12.7. The third-order valence-electron chi connectivity index (χ3n) is 3.91. The van der Waals surface area contributed by atoms with Gasteiger partial charge in [0.1, 0.15) is 11.8 Å². The summed E-state index contributed by atoms with van der Waals surface area (Å²) in [6.07, 6.45) is 0. The first-order valence-corrected chi connectivity index (χ1v) is 8.20. The van der Waals surface area contributed by atoms with E-state index in [2.05, 4.69) is 47.0 Å². The summed E-state index contributed by atoms with van der Waals surface area (Å²) in [6.45, 7) is 4.43. The molecule has 0 fully saturated rings. The van der Waals surface area contributed by atoms with E-state index in [0.717, 1.165) is 11.1 Å². The molecule has 128 valence electrons. The molecule has 5 nitrogen and oxygen atoms in total. The van der Waals surface area contributed by atoms with Crippen LogP contribution in [0.25, 0.3) is 0 Å². The Labute approximate surface area is 147 Å². The smallest absolute Gasteiger partial charge is 0.247 e. The van der Waals surface area contributed by atoms with E-state index < -0.39 is 6.04 Å². The van der Waals surface area contributed by atoms with E-state index in [9.17, 15) is 4.79 Å². The zero-order valence-corrected chi connectivity index (χ0v) is 14.3. The van der Waals surface area contributed by atoms with Gasteiger partial charge in [-0.05, 0) is 25.0 Å². The predicted molar refractivity (Wildman–Crippen MR) is 97.1 cm³/mol. The Morgan fingerprint density at radius 1 is 1.08 bits per heavy atom. The summed E-state index contributed by atoms with van der Waals surface area (Å²) in [4.78, 5) is 12.7. The minimum Gasteiger partial charge on any atom is -0.360 e. The van der Waals surface area contributed by atoms with Crippen molar-refractivity contribution in [3.05, 3.63) is 83.1 Å². The van der Waals surface area contributed by atoms with Crippen LogP contribution in [-0.2, 0) is 11.3 Å². The number of rotatable bonds is 6. The molecule has 1 aromatic heterocycles. The zero-order valence-electron chi connectivity index (χ0n) is 14.3. The minimum atomic E-state index is -0.487. The van der Waals surface area contributed by atoms with Gasteiger partial charge in [0.05, 0.1) is 0 Å². The quantitative estimate of drug-likeness (QED) is 0.720. The van der Waals surface area contributed by atoms with Gasteiger partial charge in [0.25, 0.3) is 0 Å². The van der Waals surface area contributed by atoms with Crippen LogP contribution in [-0.4, -0.2) is 11.1 Å². The Kier molecular flexibility index (Phi) is 5.26. The highest BCUT2D eigenvalue weighted by atomic mass is 16.5. The highest BCUT2D eigenvalue weighted by molar-refractivity contribution is 5.94. The molecule has 0 aliphatic rings. The van der Waals surface area contributed by atoms with E-state index in [4.69, 9.17) is 4.52 Å². The van der Waals surface area contributed by atoms with Gasteiger partial charge in [-0.1, -0.05) is 65.3 Å². The number of aromatic nitrogens is 1. The molecular weight excluding hydrogens is 314 g/mol. The van der Waals surface area contributed by atoms with Crippen LogP contribution in [0.15, 0.2) is 65.2 Å². The summed E-state index contributed by atoms with van der Waals surface area (Å²) in [6, 6.07) is 19.1. The fraction of sp³-hybridized carbons (Fsp3) is 0.200. The maximum Gasteiger partial charge on any atom is 0.247 e. The van der Waals surface area contributed by atoms with Gasteiger partial charge in [-0.15, -0.1) is 0 Å². The lowest BCUT2D eigenvalue weighted by Crippen LogP contribution is -2.32. The third kappa shape index (κ3) is 4.55. The Morgan fingerprint density at radius 3 is 2.44 bits per heavy atom. The molecule has 2 N–H and O–H groups in total. The topological polar surface area (TPSA) is 67.2 Å². The van der Waals surface area contributed by atoms with E-state index in [1.807, 2.05) is 30.3 Å². The van der Waals surface area contributed by atoms with Crippen molar-refractivity contribution in [2.75, 3.05) is 5.32 Å². The lowest BCUT2D eigenvalue weighted by Gasteiger charge is -2.18. The Balaban J connectivity index is 1.75. The molecule has 1 atom stereocenters. The van der Waals surface area contributed by atoms with E-state index >= 15 is 0 Å². The molecule has 2 aromatic carbocycles. The lowest BCUT2D eigenvalue weighted by atomic mass is 10.1. The van der Waals surface area contributed by atoms with Crippen molar-refractivity contribution in [2.24, 2.45) is 0 Å². The van der Waals surface area contributed by atoms with Gasteiger partial charge < -0.3 is 9.84 Å². The van der Waals surface area contributed by atoms with Gasteiger partial charge in [-0.2, -0.15) is 0 Å². The first kappa shape index (κ1) is 16.9. The summed E-state index contributed by atoms with van der Waals surface area (Å²) >= 11 is 0. The van der Waals surface area contributed by atoms with Gasteiger partial charge >= 0.3 is 0 Å². The number of aryl methyl sites for hydroxylation is 2. The van der Waals surface area contributed by atoms with Crippen LogP contribution in [0.4, 0.5) is 5.82 Å². The molecule has 0 saturated carbocycles. The van der Waals surface area contributed by atoms with Crippen LogP contribution in [0.2, 0.25) is 0 Å². The Hall–Kier alpha value is -2.92. The number of hydrogen-bond donors (Lipinski definition) is 2. The summed E-state index contributed by atoms with van der Waals surface area (Å²) in [5.41, 5.74) is 3.23. The summed E-state index contributed by atoms with van der Waals surface area (Å²) in [5.74, 6) is 0.895. The Bertz CT molecular complexity index is 826. The van der Waals surface area contributed by atoms with Crippen LogP contribution < -0.4 is 10.6 Å². The molecule has 25 heavy (non-hydrogen) atoms. The molecular formula is C20H21N3O2. The average molecular weight is 335 g/mol. The van der Waals surface area contributed by atoms with E-state index in [1.165, 1.54) is 5.56 Å². The van der Waals surface area contributed by atoms with Gasteiger partial charge in [0, 0.05) is 12.6 Å². The highest BCUT2D eigenvalue weighted by Gasteiger charge is 2.21. The highest BCUT2D eigenvalue weighted by Crippen LogP contribution is 2.17. The van der Waals surface area contributed by atoms with Gasteiger partial charge in [0.15, 0.2) is 5.82 Å². The second-order valence-corrected chi connectivity index (χ2v) is 6.02. The van der Waals surface area contributed by atoms with E-state index in [1.54, 1.807) is 13.0 Å². The van der Waals surface area contributed by atoms with Crippen molar-refractivity contribution in [3.8, 4) is 0 Å². The van der Waals surface area contributed by atoms with Crippen molar-refractivity contribution in [2.45, 2.75) is 26.4 Å². The van der Waals surface area contributed by atoms with Crippen molar-refractivity contribution >= 4 is 11.7 Å². The summed E-state index contributed by atoms with van der Waals surface area (Å²) in [5, 5.41) is 9.95. The van der Waals surface area contributed by atoms with Gasteiger partial charge in [-0.25, -0.2) is 0 Å². The largest absolute Gasteiger partial charge is 0.360 e. The fourth-order valence-corrected chi connectivity index (χ4v) is 2.56. The fourth-order valence-electron chi connectivity index (χ4n) is 2.56. The van der Waals surface area contributed by atoms with Gasteiger partial charge in [0.2, 0.25) is 5.91 Å². The maximum absolute atomic E-state index is 12.7. The molecule has 0 spiro atoms. The molecule has 1 amide bonds. The van der Waals surface area contributed by atoms with Crippen molar-refractivity contribution in [1.29, 1.82) is 0 Å². The molecule has 0 aliphatic carbocycles. The second-order valence-electron chi connectivity index (χ2n) is 6.02. The number of carbonyl (C=O) groups excluding carboxylic acids is 1. The number of hydrogen-bond acceptors (Lipinski definition) is 4. The predicted octanol–water partition coefficient (Wildman–Crippen LogP) is 3.76. The van der Waals surface area contributed by atoms with E-state index in [0.29, 0.717) is 18.1 Å². The molecule has 5 heteroatoms. The number of amides is 1. The third-order valence-corrected chi connectivity index (χ3v) is 3.91. The van der Waals surface area contributed by atoms with Crippen LogP contribution in [0, 0.1) is 13.8 Å². The van der Waals surface area contributed by atoms with Crippen molar-refractivity contribution < 1.29 is 9.32 Å². The number of nitrogens with zero attached hydrogens (tertiary/aromatic N) is 1. The molecule has 1 heterocycles. The second kappa shape index (κ2) is 7.77. The minimum absolute atomic E-state index is 0.174. The SMILES string of the molecule is Cc1ccc(CNC(C(=O)Nc2cc(C)on2)c2ccccc2)cc1. The van der Waals surface area contributed by atoms with Crippen LogP contribution >= 0.6 is 0 Å². The number of nitrogens with one attached hydrogen (secondary N) is 2. The van der Waals surface area contributed by atoms with Gasteiger partial charge in [-0.3, -0.25) is 10.1 Å². The van der Waals surface area contributed by atoms with Crippen LogP contribution in [0.1, 0.15) is 28.5 Å². The van der Waals surface area contributed by atoms with Crippen molar-refractivity contribution in [1.82, 2.24) is 10.5 Å². The molecule has 3 aromatic rings. The average Bonchev–Trinajstić information content (AvgIpc) is 3.02. The summed E-state index contributed by atoms with van der Waals surface area (Å²) in [7, 11) is 0. The number of benzene rings is 2. The number of anilines is 1. The van der Waals surface area contributed by atoms with Crippen molar-refractivity contribution in [3.63, 3.8) is 0 Å². The van der Waals surface area contributed by atoms with Crippen LogP contribution in [0.3, 0.4) is 0 Å². The zero-order chi connectivity index (χ0) is 17.6. The number of carbonyl (C=O) groups is 1. The van der Waals surface area contributed by atoms with E-state index in [-0.39, 0.29) is 5.91 Å². The first-order valence-electron chi connectivity index (χ1n) is 8.20. The molecule has 1 unspecified atom stereocenters.